The number of fused-ring (bicyclic) bond motifs is 1. The molecule has 2 nitrogen and oxygen atoms in total. The Bertz CT molecular complexity index is 744. The van der Waals surface area contributed by atoms with Crippen LogP contribution in [-0.4, -0.2) is 30.0 Å². The third-order valence-corrected chi connectivity index (χ3v) is 6.86. The lowest BCUT2D eigenvalue weighted by atomic mass is 9.65. The summed E-state index contributed by atoms with van der Waals surface area (Å²) < 4.78 is 0. The van der Waals surface area contributed by atoms with Crippen molar-refractivity contribution >= 4 is 8.07 Å². The molecule has 24 heavy (non-hydrogen) atoms. The summed E-state index contributed by atoms with van der Waals surface area (Å²) in [6.07, 6.45) is 4.98. The molecular formula is C21H26O2Si. The van der Waals surface area contributed by atoms with Crippen LogP contribution in [-0.2, 0) is 0 Å². The molecule has 0 bridgehead atoms. The van der Waals surface area contributed by atoms with Gasteiger partial charge in [-0.05, 0) is 54.2 Å². The van der Waals surface area contributed by atoms with Gasteiger partial charge in [0.05, 0.1) is 8.07 Å². The van der Waals surface area contributed by atoms with Crippen molar-refractivity contribution in [1.82, 2.24) is 0 Å². The van der Waals surface area contributed by atoms with Gasteiger partial charge in [0, 0.05) is 5.56 Å². The van der Waals surface area contributed by atoms with E-state index in [-0.39, 0.29) is 0 Å². The molecule has 3 heteroatoms. The van der Waals surface area contributed by atoms with E-state index in [2.05, 4.69) is 37.6 Å². The molecule has 0 unspecified atom stereocenters. The monoisotopic (exact) mass is 338 g/mol. The summed E-state index contributed by atoms with van der Waals surface area (Å²) in [6.45, 7) is 6.74. The van der Waals surface area contributed by atoms with Crippen LogP contribution in [0.4, 0.5) is 0 Å². The maximum atomic E-state index is 10.9. The summed E-state index contributed by atoms with van der Waals surface area (Å²) in [6, 6.07) is 9.94. The number of hydrogen-bond donors (Lipinski definition) is 2. The smallest absolute Gasteiger partial charge is 0.120 e. The molecule has 1 fully saturated rings. The van der Waals surface area contributed by atoms with Gasteiger partial charge in [0.2, 0.25) is 0 Å². The fourth-order valence-corrected chi connectivity index (χ4v) is 5.14. The lowest BCUT2D eigenvalue weighted by molar-refractivity contribution is -0.0653. The maximum Gasteiger partial charge on any atom is 0.120 e. The maximum absolute atomic E-state index is 10.9. The minimum absolute atomic E-state index is 0.647. The molecule has 0 radical (unpaired) electrons. The van der Waals surface area contributed by atoms with E-state index in [4.69, 9.17) is 0 Å². The Kier molecular flexibility index (Phi) is 4.57. The third-order valence-electron chi connectivity index (χ3n) is 4.97. The zero-order valence-electron chi connectivity index (χ0n) is 14.8. The standard InChI is InChI=1S/C21H26O2Si/c1-24(2,3)18(14-13-16-10-6-4-7-11-16)19-17-12-8-5-9-15-21(17,23)20(19)22/h4,6-7,10-12,20,22-23H,5,8-9,15H2,1-3H3/b19-18+/t20-,21-/m0/s1. The van der Waals surface area contributed by atoms with Crippen LogP contribution in [0.5, 0.6) is 0 Å². The Morgan fingerprint density at radius 1 is 1.17 bits per heavy atom. The van der Waals surface area contributed by atoms with Crippen molar-refractivity contribution in [2.24, 2.45) is 0 Å². The van der Waals surface area contributed by atoms with E-state index in [1.807, 2.05) is 30.3 Å². The fourth-order valence-electron chi connectivity index (χ4n) is 3.62. The van der Waals surface area contributed by atoms with Gasteiger partial charge in [0.1, 0.15) is 11.7 Å². The van der Waals surface area contributed by atoms with Gasteiger partial charge in [-0.2, -0.15) is 0 Å². The summed E-state index contributed by atoms with van der Waals surface area (Å²) in [5, 5.41) is 22.7. The molecule has 1 saturated carbocycles. The number of aliphatic hydroxyl groups excluding tert-OH is 1. The van der Waals surface area contributed by atoms with Crippen molar-refractivity contribution in [2.45, 2.75) is 57.0 Å². The summed E-state index contributed by atoms with van der Waals surface area (Å²) in [5.41, 5.74) is 1.77. The van der Waals surface area contributed by atoms with E-state index < -0.39 is 19.8 Å². The minimum Gasteiger partial charge on any atom is -0.385 e. The van der Waals surface area contributed by atoms with Crippen LogP contribution in [0, 0.1) is 11.8 Å². The predicted molar refractivity (Wildman–Crippen MR) is 101 cm³/mol. The molecular weight excluding hydrogens is 312 g/mol. The van der Waals surface area contributed by atoms with E-state index in [1.54, 1.807) is 0 Å². The quantitative estimate of drug-likeness (QED) is 0.604. The number of benzene rings is 1. The molecule has 1 aromatic carbocycles. The van der Waals surface area contributed by atoms with Crippen molar-refractivity contribution in [3.05, 3.63) is 58.3 Å². The highest BCUT2D eigenvalue weighted by Crippen LogP contribution is 2.50. The number of rotatable bonds is 1. The first kappa shape index (κ1) is 17.2. The first-order valence-electron chi connectivity index (χ1n) is 8.77. The highest BCUT2D eigenvalue weighted by Gasteiger charge is 2.54. The second-order valence-electron chi connectivity index (χ2n) is 7.85. The van der Waals surface area contributed by atoms with Gasteiger partial charge < -0.3 is 10.2 Å². The Morgan fingerprint density at radius 3 is 2.54 bits per heavy atom. The number of hydrogen-bond acceptors (Lipinski definition) is 2. The molecule has 0 aromatic heterocycles. The van der Waals surface area contributed by atoms with Crippen LogP contribution in [0.3, 0.4) is 0 Å². The van der Waals surface area contributed by atoms with E-state index >= 15 is 0 Å². The minimum atomic E-state index is -1.75. The molecule has 0 aliphatic heterocycles. The van der Waals surface area contributed by atoms with Crippen molar-refractivity contribution in [2.75, 3.05) is 0 Å². The van der Waals surface area contributed by atoms with Crippen LogP contribution in [0.1, 0.15) is 31.2 Å². The SMILES string of the molecule is C[Si](C)(C)/C(C#Cc1ccccc1)=C1\C2=CCCCC[C@@]2(O)[C@H]1O. The van der Waals surface area contributed by atoms with Crippen LogP contribution >= 0.6 is 0 Å². The van der Waals surface area contributed by atoms with E-state index in [0.29, 0.717) is 6.42 Å². The number of allylic oxidation sites excluding steroid dienone is 2. The van der Waals surface area contributed by atoms with Gasteiger partial charge in [-0.1, -0.05) is 55.8 Å². The van der Waals surface area contributed by atoms with Crippen molar-refractivity contribution in [3.8, 4) is 11.8 Å². The van der Waals surface area contributed by atoms with Gasteiger partial charge in [-0.3, -0.25) is 0 Å². The molecule has 0 saturated heterocycles. The normalized spacial score (nSPS) is 28.5. The molecule has 0 spiro atoms. The highest BCUT2D eigenvalue weighted by molar-refractivity contribution is 6.84. The molecule has 0 amide bonds. The fraction of sp³-hybridized carbons (Fsp3) is 0.429. The number of aliphatic hydroxyl groups is 2. The lowest BCUT2D eigenvalue weighted by Gasteiger charge is -2.49. The van der Waals surface area contributed by atoms with Crippen molar-refractivity contribution < 1.29 is 10.2 Å². The van der Waals surface area contributed by atoms with Crippen LogP contribution < -0.4 is 0 Å². The predicted octanol–water partition coefficient (Wildman–Crippen LogP) is 3.82. The second kappa shape index (κ2) is 6.37. The third kappa shape index (κ3) is 3.02. The van der Waals surface area contributed by atoms with E-state index in [9.17, 15) is 10.2 Å². The van der Waals surface area contributed by atoms with Gasteiger partial charge in [-0.25, -0.2) is 0 Å². The van der Waals surface area contributed by atoms with E-state index in [0.717, 1.165) is 41.2 Å². The average molecular weight is 339 g/mol. The topological polar surface area (TPSA) is 40.5 Å². The first-order chi connectivity index (χ1) is 11.3. The molecule has 3 rings (SSSR count). The van der Waals surface area contributed by atoms with Crippen LogP contribution in [0.2, 0.25) is 19.6 Å². The first-order valence-corrected chi connectivity index (χ1v) is 12.3. The summed E-state index contributed by atoms with van der Waals surface area (Å²) in [5.74, 6) is 6.61. The van der Waals surface area contributed by atoms with Gasteiger partial charge in [0.25, 0.3) is 0 Å². The molecule has 2 N–H and O–H groups in total. The molecule has 126 valence electrons. The zero-order valence-corrected chi connectivity index (χ0v) is 15.8. The molecule has 0 heterocycles. The summed E-state index contributed by atoms with van der Waals surface area (Å²) >= 11 is 0. The summed E-state index contributed by atoms with van der Waals surface area (Å²) in [7, 11) is -1.75. The Balaban J connectivity index is 2.08. The lowest BCUT2D eigenvalue weighted by Crippen LogP contribution is -2.57. The van der Waals surface area contributed by atoms with Gasteiger partial charge >= 0.3 is 0 Å². The van der Waals surface area contributed by atoms with Crippen LogP contribution in [0.25, 0.3) is 0 Å². The van der Waals surface area contributed by atoms with Crippen LogP contribution in [0.15, 0.2) is 52.8 Å². The summed E-state index contributed by atoms with van der Waals surface area (Å²) in [4.78, 5) is 0. The Labute approximate surface area is 145 Å². The Hall–Kier alpha value is -1.60. The largest absolute Gasteiger partial charge is 0.385 e. The molecule has 2 atom stereocenters. The highest BCUT2D eigenvalue weighted by atomic mass is 28.3. The van der Waals surface area contributed by atoms with Crippen molar-refractivity contribution in [3.63, 3.8) is 0 Å². The van der Waals surface area contributed by atoms with E-state index in [1.165, 1.54) is 0 Å². The molecule has 2 aliphatic rings. The second-order valence-corrected chi connectivity index (χ2v) is 12.8. The Morgan fingerprint density at radius 2 is 1.88 bits per heavy atom. The van der Waals surface area contributed by atoms with Gasteiger partial charge in [0.15, 0.2) is 0 Å². The average Bonchev–Trinajstić information content (AvgIpc) is 2.71. The molecule has 2 aliphatic carbocycles. The molecule has 1 aromatic rings. The zero-order chi connectivity index (χ0) is 17.4. The van der Waals surface area contributed by atoms with Gasteiger partial charge in [-0.15, -0.1) is 0 Å². The van der Waals surface area contributed by atoms with Crippen molar-refractivity contribution in [1.29, 1.82) is 0 Å².